The van der Waals surface area contributed by atoms with Gasteiger partial charge in [-0.1, -0.05) is 41.9 Å². The summed E-state index contributed by atoms with van der Waals surface area (Å²) < 4.78 is 1.21. The molecule has 1 atom stereocenters. The number of para-hydroxylation sites is 1. The summed E-state index contributed by atoms with van der Waals surface area (Å²) in [7, 11) is 0. The van der Waals surface area contributed by atoms with E-state index in [-0.39, 0.29) is 23.2 Å². The largest absolute Gasteiger partial charge is 0.344 e. The van der Waals surface area contributed by atoms with E-state index in [1.165, 1.54) is 16.8 Å². The maximum absolute atomic E-state index is 12.5. The summed E-state index contributed by atoms with van der Waals surface area (Å²) in [5, 5.41) is 7.68. The van der Waals surface area contributed by atoms with E-state index in [9.17, 15) is 9.59 Å². The zero-order valence-corrected chi connectivity index (χ0v) is 14.3. The lowest BCUT2D eigenvalue weighted by molar-refractivity contribution is 0.0933. The molecule has 0 aliphatic rings. The number of benzene rings is 2. The van der Waals surface area contributed by atoms with E-state index >= 15 is 0 Å². The molecule has 0 fully saturated rings. The topological polar surface area (TPSA) is 64.0 Å². The second-order valence-corrected chi connectivity index (χ2v) is 5.99. The summed E-state index contributed by atoms with van der Waals surface area (Å²) in [4.78, 5) is 24.5. The first-order chi connectivity index (χ1) is 12.0. The molecule has 1 amide bonds. The molecule has 0 saturated carbocycles. The molecule has 2 aromatic carbocycles. The number of hydrogen-bond donors (Lipinski definition) is 1. The number of amides is 1. The van der Waals surface area contributed by atoms with Crippen molar-refractivity contribution in [3.8, 4) is 5.69 Å². The Balaban J connectivity index is 1.83. The summed E-state index contributed by atoms with van der Waals surface area (Å²) in [5.41, 5.74) is 1.40. The van der Waals surface area contributed by atoms with Crippen LogP contribution in [0, 0.1) is 0 Å². The predicted molar refractivity (Wildman–Crippen MR) is 97.2 cm³/mol. The van der Waals surface area contributed by atoms with Gasteiger partial charge in [-0.15, -0.1) is 0 Å². The molecular weight excluding hydrogens is 338 g/mol. The van der Waals surface area contributed by atoms with E-state index in [1.54, 1.807) is 36.4 Å². The number of nitrogens with one attached hydrogen (secondary N) is 1. The van der Waals surface area contributed by atoms with Crippen LogP contribution in [-0.4, -0.2) is 15.7 Å². The number of hydrogen-bond acceptors (Lipinski definition) is 3. The molecule has 0 aliphatic carbocycles. The van der Waals surface area contributed by atoms with Crippen molar-refractivity contribution in [2.75, 3.05) is 0 Å². The molecule has 0 spiro atoms. The molecule has 6 heteroatoms. The van der Waals surface area contributed by atoms with Crippen molar-refractivity contribution in [3.63, 3.8) is 0 Å². The molecule has 1 N–H and O–H groups in total. The maximum Gasteiger partial charge on any atom is 0.272 e. The zero-order valence-electron chi connectivity index (χ0n) is 13.5. The lowest BCUT2D eigenvalue weighted by Crippen LogP contribution is -2.30. The van der Waals surface area contributed by atoms with Gasteiger partial charge in [-0.3, -0.25) is 9.59 Å². The summed E-state index contributed by atoms with van der Waals surface area (Å²) >= 11 is 5.88. The molecule has 5 nitrogen and oxygen atoms in total. The van der Waals surface area contributed by atoms with Gasteiger partial charge >= 0.3 is 0 Å². The highest BCUT2D eigenvalue weighted by molar-refractivity contribution is 6.30. The van der Waals surface area contributed by atoms with Gasteiger partial charge in [-0.05, 0) is 42.8 Å². The number of carbonyl (C=O) groups is 1. The Morgan fingerprint density at radius 2 is 1.72 bits per heavy atom. The highest BCUT2D eigenvalue weighted by Crippen LogP contribution is 2.16. The van der Waals surface area contributed by atoms with Crippen molar-refractivity contribution >= 4 is 17.5 Å². The number of carbonyl (C=O) groups excluding carboxylic acids is 1. The minimum atomic E-state index is -0.355. The van der Waals surface area contributed by atoms with Gasteiger partial charge in [0.25, 0.3) is 11.5 Å². The van der Waals surface area contributed by atoms with Crippen molar-refractivity contribution in [3.05, 3.63) is 93.4 Å². The second-order valence-electron chi connectivity index (χ2n) is 5.55. The van der Waals surface area contributed by atoms with Crippen LogP contribution in [0.1, 0.15) is 29.0 Å². The van der Waals surface area contributed by atoms with Crippen LogP contribution in [0.15, 0.2) is 71.5 Å². The van der Waals surface area contributed by atoms with Crippen LogP contribution >= 0.6 is 11.6 Å². The second kappa shape index (κ2) is 7.32. The lowest BCUT2D eigenvalue weighted by Gasteiger charge is -2.14. The summed E-state index contributed by atoms with van der Waals surface area (Å²) in [5.74, 6) is -0.355. The number of nitrogens with zero attached hydrogens (tertiary/aromatic N) is 2. The molecule has 3 aromatic rings. The third kappa shape index (κ3) is 3.95. The third-order valence-corrected chi connectivity index (χ3v) is 4.00. The molecule has 126 valence electrons. The van der Waals surface area contributed by atoms with Crippen molar-refractivity contribution in [2.45, 2.75) is 13.0 Å². The molecule has 0 radical (unpaired) electrons. The van der Waals surface area contributed by atoms with Crippen LogP contribution in [0.3, 0.4) is 0 Å². The molecule has 0 aliphatic heterocycles. The van der Waals surface area contributed by atoms with Gasteiger partial charge in [0.15, 0.2) is 0 Å². The van der Waals surface area contributed by atoms with E-state index in [1.807, 2.05) is 25.1 Å². The Morgan fingerprint density at radius 1 is 1.04 bits per heavy atom. The standard InChI is InChI=1S/C19H16ClN3O2/c1-13(14-7-9-15(20)10-8-14)21-19(25)17-11-12-18(24)23(22-17)16-5-3-2-4-6-16/h2-13H,1H3,(H,21,25)/t13-/m1/s1. The number of rotatable bonds is 4. The van der Waals surface area contributed by atoms with E-state index < -0.39 is 0 Å². The fraction of sp³-hybridized carbons (Fsp3) is 0.105. The molecule has 1 heterocycles. The first-order valence-electron chi connectivity index (χ1n) is 7.77. The Hall–Kier alpha value is -2.92. The summed E-state index contributed by atoms with van der Waals surface area (Å²) in [6.07, 6.45) is 0. The fourth-order valence-corrected chi connectivity index (χ4v) is 2.52. The van der Waals surface area contributed by atoms with Gasteiger partial charge in [-0.2, -0.15) is 9.78 Å². The Bertz CT molecular complexity index is 937. The average molecular weight is 354 g/mol. The molecular formula is C19H16ClN3O2. The molecule has 1 aromatic heterocycles. The van der Waals surface area contributed by atoms with E-state index in [0.29, 0.717) is 10.7 Å². The van der Waals surface area contributed by atoms with Gasteiger partial charge < -0.3 is 5.32 Å². The predicted octanol–water partition coefficient (Wildman–Crippen LogP) is 3.38. The Kier molecular flexibility index (Phi) is 4.95. The van der Waals surface area contributed by atoms with Crippen LogP contribution in [-0.2, 0) is 0 Å². The average Bonchev–Trinajstić information content (AvgIpc) is 2.63. The monoisotopic (exact) mass is 353 g/mol. The number of halogens is 1. The minimum Gasteiger partial charge on any atom is -0.344 e. The molecule has 0 unspecified atom stereocenters. The van der Waals surface area contributed by atoms with Crippen LogP contribution in [0.5, 0.6) is 0 Å². The summed E-state index contributed by atoms with van der Waals surface area (Å²) in [6, 6.07) is 18.8. The van der Waals surface area contributed by atoms with E-state index in [0.717, 1.165) is 5.56 Å². The van der Waals surface area contributed by atoms with E-state index in [2.05, 4.69) is 10.4 Å². The smallest absolute Gasteiger partial charge is 0.272 e. The van der Waals surface area contributed by atoms with Crippen LogP contribution in [0.25, 0.3) is 5.69 Å². The first-order valence-corrected chi connectivity index (χ1v) is 8.14. The molecule has 0 bridgehead atoms. The van der Waals surface area contributed by atoms with Crippen LogP contribution in [0.4, 0.5) is 0 Å². The summed E-state index contributed by atoms with van der Waals surface area (Å²) in [6.45, 7) is 1.87. The normalized spacial score (nSPS) is 11.8. The first kappa shape index (κ1) is 16.9. The maximum atomic E-state index is 12.5. The number of aromatic nitrogens is 2. The van der Waals surface area contributed by atoms with Gasteiger partial charge in [0, 0.05) is 11.1 Å². The highest BCUT2D eigenvalue weighted by Gasteiger charge is 2.14. The third-order valence-electron chi connectivity index (χ3n) is 3.75. The van der Waals surface area contributed by atoms with Gasteiger partial charge in [0.05, 0.1) is 11.7 Å². The lowest BCUT2D eigenvalue weighted by atomic mass is 10.1. The highest BCUT2D eigenvalue weighted by atomic mass is 35.5. The van der Waals surface area contributed by atoms with Crippen LogP contribution in [0.2, 0.25) is 5.02 Å². The van der Waals surface area contributed by atoms with Crippen molar-refractivity contribution < 1.29 is 4.79 Å². The van der Waals surface area contributed by atoms with Crippen molar-refractivity contribution in [1.29, 1.82) is 0 Å². The molecule has 25 heavy (non-hydrogen) atoms. The molecule has 3 rings (SSSR count). The van der Waals surface area contributed by atoms with Crippen molar-refractivity contribution in [2.24, 2.45) is 0 Å². The van der Waals surface area contributed by atoms with Gasteiger partial charge in [0.1, 0.15) is 5.69 Å². The Morgan fingerprint density at radius 3 is 2.40 bits per heavy atom. The van der Waals surface area contributed by atoms with E-state index in [4.69, 9.17) is 11.6 Å². The van der Waals surface area contributed by atoms with Crippen LogP contribution < -0.4 is 10.9 Å². The minimum absolute atomic E-state index is 0.171. The fourth-order valence-electron chi connectivity index (χ4n) is 2.39. The SMILES string of the molecule is C[C@@H](NC(=O)c1ccc(=O)n(-c2ccccc2)n1)c1ccc(Cl)cc1. The van der Waals surface area contributed by atoms with Crippen molar-refractivity contribution in [1.82, 2.24) is 15.1 Å². The zero-order chi connectivity index (χ0) is 17.8. The molecule has 0 saturated heterocycles. The Labute approximate surface area is 149 Å². The van der Waals surface area contributed by atoms with Gasteiger partial charge in [-0.25, -0.2) is 0 Å². The van der Waals surface area contributed by atoms with Gasteiger partial charge in [0.2, 0.25) is 0 Å². The quantitative estimate of drug-likeness (QED) is 0.782.